The fraction of sp³-hybridized carbons (Fsp3) is 0.462. The Bertz CT molecular complexity index is 403. The minimum absolute atomic E-state index is 0.0530. The molecule has 0 spiro atoms. The summed E-state index contributed by atoms with van der Waals surface area (Å²) in [6, 6.07) is 6.18. The fourth-order valence-electron chi connectivity index (χ4n) is 1.59. The Balaban J connectivity index is 3.36. The van der Waals surface area contributed by atoms with Crippen molar-refractivity contribution < 1.29 is 0 Å². The van der Waals surface area contributed by atoms with E-state index in [-0.39, 0.29) is 11.3 Å². The second-order valence-corrected chi connectivity index (χ2v) is 5.23. The molecule has 1 aromatic rings. The summed E-state index contributed by atoms with van der Waals surface area (Å²) in [5.41, 5.74) is 9.03. The van der Waals surface area contributed by atoms with Crippen LogP contribution in [0.1, 0.15) is 31.9 Å². The second-order valence-electron chi connectivity index (χ2n) is 4.96. The van der Waals surface area contributed by atoms with E-state index in [1.54, 1.807) is 0 Å². The van der Waals surface area contributed by atoms with Crippen molar-refractivity contribution in [2.75, 3.05) is 5.88 Å². The summed E-state index contributed by atoms with van der Waals surface area (Å²) in [5.74, 6) is 0.722. The Kier molecular flexibility index (Phi) is 3.98. The standard InChI is InChI=1S/C13H19ClN2/c1-9-6-5-7-10(13(2,3)4)12(9)16-11(15)8-14/h5-7H,8H2,1-4H3,(H2,15,16). The number of amidine groups is 1. The zero-order chi connectivity index (χ0) is 12.3. The van der Waals surface area contributed by atoms with Crippen LogP contribution in [-0.4, -0.2) is 11.7 Å². The van der Waals surface area contributed by atoms with Crippen molar-refractivity contribution in [3.63, 3.8) is 0 Å². The number of aliphatic imine (C=N–C) groups is 1. The summed E-state index contributed by atoms with van der Waals surface area (Å²) >= 11 is 5.67. The molecule has 0 saturated heterocycles. The lowest BCUT2D eigenvalue weighted by molar-refractivity contribution is 0.591. The molecular weight excluding hydrogens is 220 g/mol. The highest BCUT2D eigenvalue weighted by Gasteiger charge is 2.18. The molecule has 1 rings (SSSR count). The first kappa shape index (κ1) is 13.0. The predicted octanol–water partition coefficient (Wildman–Crippen LogP) is 3.52. The number of hydrogen-bond donors (Lipinski definition) is 1. The molecular formula is C13H19ClN2. The van der Waals surface area contributed by atoms with Gasteiger partial charge in [-0.05, 0) is 23.5 Å². The first-order valence-corrected chi connectivity index (χ1v) is 5.89. The highest BCUT2D eigenvalue weighted by Crippen LogP contribution is 2.33. The van der Waals surface area contributed by atoms with Gasteiger partial charge in [0.25, 0.3) is 0 Å². The summed E-state index contributed by atoms with van der Waals surface area (Å²) in [6.45, 7) is 8.53. The third-order valence-electron chi connectivity index (χ3n) is 2.44. The summed E-state index contributed by atoms with van der Waals surface area (Å²) in [5, 5.41) is 0. The second kappa shape index (κ2) is 4.88. The van der Waals surface area contributed by atoms with Crippen LogP contribution in [-0.2, 0) is 5.41 Å². The number of nitrogens with zero attached hydrogens (tertiary/aromatic N) is 1. The van der Waals surface area contributed by atoms with Crippen LogP contribution in [0, 0.1) is 6.92 Å². The molecule has 3 heteroatoms. The maximum Gasteiger partial charge on any atom is 0.115 e. The molecule has 16 heavy (non-hydrogen) atoms. The van der Waals surface area contributed by atoms with Gasteiger partial charge in [0, 0.05) is 0 Å². The third-order valence-corrected chi connectivity index (χ3v) is 2.71. The Hall–Kier alpha value is -1.02. The summed E-state index contributed by atoms with van der Waals surface area (Å²) in [4.78, 5) is 4.41. The van der Waals surface area contributed by atoms with Gasteiger partial charge in [-0.2, -0.15) is 0 Å². The molecule has 0 bridgehead atoms. The molecule has 0 atom stereocenters. The topological polar surface area (TPSA) is 38.4 Å². The zero-order valence-corrected chi connectivity index (χ0v) is 11.1. The average molecular weight is 239 g/mol. The number of halogens is 1. The average Bonchev–Trinajstić information content (AvgIpc) is 2.19. The summed E-state index contributed by atoms with van der Waals surface area (Å²) < 4.78 is 0. The van der Waals surface area contributed by atoms with Gasteiger partial charge in [-0.25, -0.2) is 4.99 Å². The van der Waals surface area contributed by atoms with Gasteiger partial charge in [-0.15, -0.1) is 11.6 Å². The van der Waals surface area contributed by atoms with Gasteiger partial charge in [-0.3, -0.25) is 0 Å². The van der Waals surface area contributed by atoms with Gasteiger partial charge >= 0.3 is 0 Å². The lowest BCUT2D eigenvalue weighted by Gasteiger charge is -2.22. The summed E-state index contributed by atoms with van der Waals surface area (Å²) in [7, 11) is 0. The lowest BCUT2D eigenvalue weighted by atomic mass is 9.85. The lowest BCUT2D eigenvalue weighted by Crippen LogP contribution is -2.15. The van der Waals surface area contributed by atoms with Crippen LogP contribution in [0.4, 0.5) is 5.69 Å². The van der Waals surface area contributed by atoms with Gasteiger partial charge < -0.3 is 5.73 Å². The van der Waals surface area contributed by atoms with E-state index in [9.17, 15) is 0 Å². The van der Waals surface area contributed by atoms with Gasteiger partial charge in [0.1, 0.15) is 5.84 Å². The van der Waals surface area contributed by atoms with Gasteiger partial charge in [0.15, 0.2) is 0 Å². The summed E-state index contributed by atoms with van der Waals surface area (Å²) in [6.07, 6.45) is 0. The van der Waals surface area contributed by atoms with Crippen LogP contribution >= 0.6 is 11.6 Å². The number of rotatable bonds is 2. The van der Waals surface area contributed by atoms with Crippen molar-refractivity contribution in [3.8, 4) is 0 Å². The Morgan fingerprint density at radius 3 is 2.50 bits per heavy atom. The number of nitrogens with two attached hydrogens (primary N) is 1. The Morgan fingerprint density at radius 1 is 1.38 bits per heavy atom. The molecule has 0 unspecified atom stereocenters. The maximum absolute atomic E-state index is 5.70. The number of para-hydroxylation sites is 1. The van der Waals surface area contributed by atoms with E-state index >= 15 is 0 Å². The predicted molar refractivity (Wildman–Crippen MR) is 71.9 cm³/mol. The SMILES string of the molecule is Cc1cccc(C(C)(C)C)c1N=C(N)CCl. The van der Waals surface area contributed by atoms with Crippen LogP contribution in [0.25, 0.3) is 0 Å². The van der Waals surface area contributed by atoms with E-state index in [0.29, 0.717) is 5.84 Å². The van der Waals surface area contributed by atoms with E-state index in [4.69, 9.17) is 17.3 Å². The first-order valence-electron chi connectivity index (χ1n) is 5.35. The number of benzene rings is 1. The van der Waals surface area contributed by atoms with Crippen molar-refractivity contribution >= 4 is 23.1 Å². The van der Waals surface area contributed by atoms with E-state index in [1.807, 2.05) is 19.1 Å². The van der Waals surface area contributed by atoms with Crippen LogP contribution < -0.4 is 5.73 Å². The van der Waals surface area contributed by atoms with E-state index in [1.165, 1.54) is 5.56 Å². The molecule has 0 fully saturated rings. The molecule has 0 aliphatic rings. The molecule has 0 heterocycles. The molecule has 0 aliphatic heterocycles. The normalized spacial score (nSPS) is 12.9. The van der Waals surface area contributed by atoms with Crippen molar-refractivity contribution in [1.82, 2.24) is 0 Å². The van der Waals surface area contributed by atoms with Crippen LogP contribution in [0.15, 0.2) is 23.2 Å². The maximum atomic E-state index is 5.70. The van der Waals surface area contributed by atoms with Crippen LogP contribution in [0.2, 0.25) is 0 Å². The smallest absolute Gasteiger partial charge is 0.115 e. The third kappa shape index (κ3) is 2.99. The molecule has 0 saturated carbocycles. The highest BCUT2D eigenvalue weighted by atomic mass is 35.5. The molecule has 0 radical (unpaired) electrons. The molecule has 88 valence electrons. The van der Waals surface area contributed by atoms with Crippen molar-refractivity contribution in [2.24, 2.45) is 10.7 Å². The van der Waals surface area contributed by atoms with Crippen LogP contribution in [0.3, 0.4) is 0 Å². The van der Waals surface area contributed by atoms with Crippen molar-refractivity contribution in [3.05, 3.63) is 29.3 Å². The molecule has 2 nitrogen and oxygen atoms in total. The fourth-order valence-corrected chi connectivity index (χ4v) is 1.65. The van der Waals surface area contributed by atoms with Gasteiger partial charge in [0.2, 0.25) is 0 Å². The van der Waals surface area contributed by atoms with Crippen molar-refractivity contribution in [1.29, 1.82) is 0 Å². The minimum Gasteiger partial charge on any atom is -0.386 e. The first-order chi connectivity index (χ1) is 7.36. The van der Waals surface area contributed by atoms with Crippen molar-refractivity contribution in [2.45, 2.75) is 33.1 Å². The molecule has 1 aromatic carbocycles. The molecule has 0 aliphatic carbocycles. The molecule has 0 amide bonds. The Morgan fingerprint density at radius 2 is 2.00 bits per heavy atom. The number of alkyl halides is 1. The number of aryl methyl sites for hydroxylation is 1. The van der Waals surface area contributed by atoms with E-state index in [0.717, 1.165) is 11.3 Å². The Labute approximate surface area is 103 Å². The minimum atomic E-state index is 0.0530. The number of hydrogen-bond acceptors (Lipinski definition) is 1. The largest absolute Gasteiger partial charge is 0.386 e. The quantitative estimate of drug-likeness (QED) is 0.478. The van der Waals surface area contributed by atoms with E-state index in [2.05, 4.69) is 31.8 Å². The van der Waals surface area contributed by atoms with Crippen LogP contribution in [0.5, 0.6) is 0 Å². The van der Waals surface area contributed by atoms with Gasteiger partial charge in [0.05, 0.1) is 11.6 Å². The molecule has 2 N–H and O–H groups in total. The highest BCUT2D eigenvalue weighted by molar-refractivity contribution is 6.28. The van der Waals surface area contributed by atoms with Gasteiger partial charge in [-0.1, -0.05) is 39.0 Å². The van der Waals surface area contributed by atoms with E-state index < -0.39 is 0 Å². The molecule has 0 aromatic heterocycles. The zero-order valence-electron chi connectivity index (χ0n) is 10.3. The monoisotopic (exact) mass is 238 g/mol.